The van der Waals surface area contributed by atoms with E-state index >= 15 is 0 Å². The Bertz CT molecular complexity index is 866. The van der Waals surface area contributed by atoms with Crippen LogP contribution in [0.15, 0.2) is 61.1 Å². The lowest BCUT2D eigenvalue weighted by atomic mass is 10.1. The predicted molar refractivity (Wildman–Crippen MR) is 91.5 cm³/mol. The summed E-state index contributed by atoms with van der Waals surface area (Å²) in [7, 11) is 0. The van der Waals surface area contributed by atoms with E-state index < -0.39 is 5.97 Å². The Balaban J connectivity index is 1.65. The van der Waals surface area contributed by atoms with Gasteiger partial charge in [0.15, 0.2) is 0 Å². The minimum absolute atomic E-state index is 0.192. The van der Waals surface area contributed by atoms with Gasteiger partial charge in [0.2, 0.25) is 0 Å². The summed E-state index contributed by atoms with van der Waals surface area (Å²) in [5.74, 6) is -1.35. The number of hydrogen-bond donors (Lipinski definition) is 2. The molecule has 0 spiro atoms. The first kappa shape index (κ1) is 16.5. The van der Waals surface area contributed by atoms with Crippen LogP contribution in [-0.4, -0.2) is 31.3 Å². The molecular weight excluding hydrogens is 320 g/mol. The highest BCUT2D eigenvalue weighted by Crippen LogP contribution is 2.16. The summed E-state index contributed by atoms with van der Waals surface area (Å²) in [6.45, 7) is 1.61. The molecule has 0 aliphatic rings. The summed E-state index contributed by atoms with van der Waals surface area (Å²) < 4.78 is 3.22. The fraction of sp³-hybridized carbons (Fsp3) is 0.167. The van der Waals surface area contributed by atoms with Crippen LogP contribution in [0.3, 0.4) is 0 Å². The van der Waals surface area contributed by atoms with E-state index in [9.17, 15) is 9.59 Å². The zero-order chi connectivity index (χ0) is 17.8. The highest BCUT2D eigenvalue weighted by atomic mass is 16.4. The molecule has 0 aliphatic heterocycles. The van der Waals surface area contributed by atoms with Gasteiger partial charge >= 0.3 is 5.97 Å². The number of carbonyl (C=O) groups is 2. The van der Waals surface area contributed by atoms with E-state index in [1.54, 1.807) is 0 Å². The van der Waals surface area contributed by atoms with E-state index in [2.05, 4.69) is 10.4 Å². The molecular formula is C18H18N4O3. The van der Waals surface area contributed by atoms with E-state index in [1.165, 1.54) is 16.9 Å². The SMILES string of the molecule is CC(NC(=O)c1ccn(CC(=O)O)n1)c1ccc(-n2cccc2)cc1. The van der Waals surface area contributed by atoms with Gasteiger partial charge in [0.05, 0.1) is 6.04 Å². The van der Waals surface area contributed by atoms with Gasteiger partial charge < -0.3 is 15.0 Å². The molecule has 0 fully saturated rings. The number of carboxylic acids is 1. The van der Waals surface area contributed by atoms with E-state index in [0.29, 0.717) is 0 Å². The lowest BCUT2D eigenvalue weighted by Crippen LogP contribution is -2.27. The number of nitrogens with zero attached hydrogens (tertiary/aromatic N) is 3. The van der Waals surface area contributed by atoms with Crippen molar-refractivity contribution in [2.24, 2.45) is 0 Å². The van der Waals surface area contributed by atoms with Gasteiger partial charge in [-0.2, -0.15) is 5.10 Å². The van der Waals surface area contributed by atoms with Crippen molar-refractivity contribution in [1.29, 1.82) is 0 Å². The van der Waals surface area contributed by atoms with Gasteiger partial charge in [-0.3, -0.25) is 14.3 Å². The second-order valence-corrected chi connectivity index (χ2v) is 5.67. The van der Waals surface area contributed by atoms with Crippen molar-refractivity contribution in [3.8, 4) is 5.69 Å². The molecule has 0 radical (unpaired) electrons. The zero-order valence-corrected chi connectivity index (χ0v) is 13.7. The smallest absolute Gasteiger partial charge is 0.325 e. The maximum atomic E-state index is 12.2. The molecule has 1 unspecified atom stereocenters. The summed E-state index contributed by atoms with van der Waals surface area (Å²) in [6, 6.07) is 13.1. The number of rotatable bonds is 6. The molecule has 1 atom stereocenters. The summed E-state index contributed by atoms with van der Waals surface area (Å²) >= 11 is 0. The van der Waals surface area contributed by atoms with Gasteiger partial charge in [0, 0.05) is 24.3 Å². The standard InChI is InChI=1S/C18H18N4O3/c1-13(14-4-6-15(7-5-14)21-9-2-3-10-21)19-18(25)16-8-11-22(20-16)12-17(23)24/h2-11,13H,12H2,1H3,(H,19,25)(H,23,24). The largest absolute Gasteiger partial charge is 0.480 e. The lowest BCUT2D eigenvalue weighted by molar-refractivity contribution is -0.137. The topological polar surface area (TPSA) is 89.2 Å². The molecule has 2 aromatic heterocycles. The summed E-state index contributed by atoms with van der Waals surface area (Å²) in [5, 5.41) is 15.6. The highest BCUT2D eigenvalue weighted by molar-refractivity contribution is 5.92. The van der Waals surface area contributed by atoms with Gasteiger partial charge in [-0.1, -0.05) is 12.1 Å². The highest BCUT2D eigenvalue weighted by Gasteiger charge is 2.14. The van der Waals surface area contributed by atoms with Crippen LogP contribution in [0.4, 0.5) is 0 Å². The molecule has 7 nitrogen and oxygen atoms in total. The van der Waals surface area contributed by atoms with E-state index in [0.717, 1.165) is 11.3 Å². The molecule has 0 saturated carbocycles. The molecule has 128 valence electrons. The third-order valence-electron chi connectivity index (χ3n) is 3.81. The van der Waals surface area contributed by atoms with Gasteiger partial charge in [-0.25, -0.2) is 0 Å². The van der Waals surface area contributed by atoms with Crippen LogP contribution in [0.5, 0.6) is 0 Å². The van der Waals surface area contributed by atoms with Gasteiger partial charge in [0.1, 0.15) is 12.2 Å². The number of benzene rings is 1. The summed E-state index contributed by atoms with van der Waals surface area (Å²) in [6.07, 6.45) is 5.40. The van der Waals surface area contributed by atoms with Crippen molar-refractivity contribution in [3.05, 3.63) is 72.3 Å². The van der Waals surface area contributed by atoms with E-state index in [4.69, 9.17) is 5.11 Å². The number of nitrogens with one attached hydrogen (secondary N) is 1. The summed E-state index contributed by atoms with van der Waals surface area (Å²) in [4.78, 5) is 22.9. The maximum Gasteiger partial charge on any atom is 0.325 e. The van der Waals surface area contributed by atoms with Crippen molar-refractivity contribution in [1.82, 2.24) is 19.7 Å². The summed E-state index contributed by atoms with van der Waals surface area (Å²) in [5.41, 5.74) is 2.20. The number of aliphatic carboxylic acids is 1. The Morgan fingerprint density at radius 3 is 2.44 bits per heavy atom. The Kier molecular flexibility index (Phi) is 4.65. The van der Waals surface area contributed by atoms with Crippen LogP contribution in [0.1, 0.15) is 29.0 Å². The number of aromatic nitrogens is 3. The number of carbonyl (C=O) groups excluding carboxylic acids is 1. The maximum absolute atomic E-state index is 12.2. The second kappa shape index (κ2) is 7.04. The van der Waals surface area contributed by atoms with Crippen LogP contribution in [0, 0.1) is 0 Å². The lowest BCUT2D eigenvalue weighted by Gasteiger charge is -2.14. The Labute approximate surface area is 144 Å². The van der Waals surface area contributed by atoms with Crippen molar-refractivity contribution in [2.75, 3.05) is 0 Å². The molecule has 3 aromatic rings. The Morgan fingerprint density at radius 2 is 1.80 bits per heavy atom. The minimum atomic E-state index is -1.01. The molecule has 3 rings (SSSR count). The quantitative estimate of drug-likeness (QED) is 0.721. The zero-order valence-electron chi connectivity index (χ0n) is 13.7. The molecule has 2 N–H and O–H groups in total. The fourth-order valence-electron chi connectivity index (χ4n) is 2.51. The molecule has 0 bridgehead atoms. The Hall–Kier alpha value is -3.35. The molecule has 2 heterocycles. The molecule has 0 saturated heterocycles. The van der Waals surface area contributed by atoms with Crippen LogP contribution in [-0.2, 0) is 11.3 Å². The third-order valence-corrected chi connectivity index (χ3v) is 3.81. The molecule has 25 heavy (non-hydrogen) atoms. The second-order valence-electron chi connectivity index (χ2n) is 5.67. The van der Waals surface area contributed by atoms with E-state index in [1.807, 2.05) is 60.3 Å². The average molecular weight is 338 g/mol. The fourth-order valence-corrected chi connectivity index (χ4v) is 2.51. The van der Waals surface area contributed by atoms with E-state index in [-0.39, 0.29) is 24.2 Å². The Morgan fingerprint density at radius 1 is 1.12 bits per heavy atom. The van der Waals surface area contributed by atoms with Crippen LogP contribution >= 0.6 is 0 Å². The van der Waals surface area contributed by atoms with Crippen molar-refractivity contribution >= 4 is 11.9 Å². The first-order valence-electron chi connectivity index (χ1n) is 7.82. The monoisotopic (exact) mass is 338 g/mol. The van der Waals surface area contributed by atoms with Gasteiger partial charge in [-0.05, 0) is 42.8 Å². The van der Waals surface area contributed by atoms with Gasteiger partial charge in [-0.15, -0.1) is 0 Å². The van der Waals surface area contributed by atoms with Gasteiger partial charge in [0.25, 0.3) is 5.91 Å². The first-order chi connectivity index (χ1) is 12.0. The number of amides is 1. The number of carboxylic acid groups (broad SMARTS) is 1. The van der Waals surface area contributed by atoms with Crippen LogP contribution in [0.25, 0.3) is 5.69 Å². The molecule has 0 aliphatic carbocycles. The van der Waals surface area contributed by atoms with Crippen LogP contribution in [0.2, 0.25) is 0 Å². The normalized spacial score (nSPS) is 11.9. The average Bonchev–Trinajstić information content (AvgIpc) is 3.26. The number of hydrogen-bond acceptors (Lipinski definition) is 3. The van der Waals surface area contributed by atoms with Crippen molar-refractivity contribution in [3.63, 3.8) is 0 Å². The molecule has 1 aromatic carbocycles. The third kappa shape index (κ3) is 3.95. The minimum Gasteiger partial charge on any atom is -0.480 e. The predicted octanol–water partition coefficient (Wildman–Crippen LogP) is 2.25. The van der Waals surface area contributed by atoms with Crippen molar-refractivity contribution in [2.45, 2.75) is 19.5 Å². The van der Waals surface area contributed by atoms with Crippen molar-refractivity contribution < 1.29 is 14.7 Å². The molecule has 1 amide bonds. The van der Waals surface area contributed by atoms with Crippen LogP contribution < -0.4 is 5.32 Å². The first-order valence-corrected chi connectivity index (χ1v) is 7.82. The molecule has 7 heteroatoms.